The first-order chi connectivity index (χ1) is 16.0. The van der Waals surface area contributed by atoms with Crippen LogP contribution in [0.25, 0.3) is 10.2 Å². The Morgan fingerprint density at radius 2 is 1.94 bits per heavy atom. The smallest absolute Gasteiger partial charge is 0.265 e. The van der Waals surface area contributed by atoms with E-state index in [1.165, 1.54) is 30.6 Å². The lowest BCUT2D eigenvalue weighted by Gasteiger charge is -2.32. The van der Waals surface area contributed by atoms with Crippen molar-refractivity contribution in [2.24, 2.45) is 0 Å². The number of nitriles is 1. The van der Waals surface area contributed by atoms with Gasteiger partial charge < -0.3 is 15.3 Å². The highest BCUT2D eigenvalue weighted by molar-refractivity contribution is 7.20. The van der Waals surface area contributed by atoms with E-state index in [0.29, 0.717) is 35.0 Å². The van der Waals surface area contributed by atoms with Gasteiger partial charge in [0.25, 0.3) is 5.91 Å². The van der Waals surface area contributed by atoms with E-state index in [-0.39, 0.29) is 12.0 Å². The molecule has 1 aliphatic carbocycles. The third kappa shape index (κ3) is 4.35. The van der Waals surface area contributed by atoms with Gasteiger partial charge in [0.05, 0.1) is 34.0 Å². The highest BCUT2D eigenvalue weighted by atomic mass is 32.1. The van der Waals surface area contributed by atoms with Crippen molar-refractivity contribution >= 4 is 38.8 Å². The normalized spacial score (nSPS) is 17.9. The van der Waals surface area contributed by atoms with E-state index in [9.17, 15) is 15.2 Å². The number of aromatic nitrogens is 2. The predicted molar refractivity (Wildman–Crippen MR) is 131 cm³/mol. The van der Waals surface area contributed by atoms with Crippen LogP contribution < -0.4 is 10.2 Å². The summed E-state index contributed by atoms with van der Waals surface area (Å²) in [5, 5.41) is 28.2. The minimum atomic E-state index is -0.263. The number of anilines is 2. The number of hydrogen-bond acceptors (Lipinski definition) is 6. The van der Waals surface area contributed by atoms with Gasteiger partial charge in [0.15, 0.2) is 0 Å². The molecular weight excluding hydrogens is 434 g/mol. The first-order valence-corrected chi connectivity index (χ1v) is 12.6. The van der Waals surface area contributed by atoms with Crippen LogP contribution in [0.4, 0.5) is 11.4 Å². The summed E-state index contributed by atoms with van der Waals surface area (Å²) in [6.07, 6.45) is 7.20. The molecule has 0 bridgehead atoms. The molecule has 2 aliphatic rings. The number of fused-ring (bicyclic) bond motifs is 1. The maximum Gasteiger partial charge on any atom is 0.265 e. The van der Waals surface area contributed by atoms with Gasteiger partial charge in [-0.2, -0.15) is 10.4 Å². The number of benzene rings is 1. The number of carbonyl (C=O) groups excluding carboxylic acids is 1. The standard InChI is InChI=1S/C25H29N5O2S/c1-16-21-14-23(33-25(21)30(28-16)19-5-3-2-4-6-19)24(32)27-18-7-8-22(17(13-18)15-26)29-11-9-20(31)10-12-29/h7-8,13-14,19-20,31H,2-6,9-12H2,1H3,(H,27,32). The molecule has 172 valence electrons. The van der Waals surface area contributed by atoms with Crippen LogP contribution in [-0.2, 0) is 0 Å². The lowest BCUT2D eigenvalue weighted by molar-refractivity contribution is 0.103. The molecule has 5 rings (SSSR count). The summed E-state index contributed by atoms with van der Waals surface area (Å²) in [6.45, 7) is 3.45. The second-order valence-corrected chi connectivity index (χ2v) is 10.2. The highest BCUT2D eigenvalue weighted by Gasteiger charge is 2.23. The van der Waals surface area contributed by atoms with E-state index >= 15 is 0 Å². The second-order valence-electron chi connectivity index (χ2n) is 9.17. The number of nitrogens with zero attached hydrogens (tertiary/aromatic N) is 4. The molecule has 1 saturated carbocycles. The molecule has 3 aromatic rings. The van der Waals surface area contributed by atoms with Crippen LogP contribution in [0.1, 0.15) is 71.9 Å². The summed E-state index contributed by atoms with van der Waals surface area (Å²) in [6, 6.07) is 10.1. The molecule has 0 unspecified atom stereocenters. The summed E-state index contributed by atoms with van der Waals surface area (Å²) in [5.74, 6) is -0.163. The second kappa shape index (κ2) is 9.16. The average molecular weight is 464 g/mol. The van der Waals surface area contributed by atoms with Crippen LogP contribution in [0.2, 0.25) is 0 Å². The van der Waals surface area contributed by atoms with Gasteiger partial charge in [-0.1, -0.05) is 19.3 Å². The Hall–Kier alpha value is -2.89. The van der Waals surface area contributed by atoms with Crippen LogP contribution in [0, 0.1) is 18.3 Å². The molecule has 0 atom stereocenters. The quantitative estimate of drug-likeness (QED) is 0.568. The zero-order valence-electron chi connectivity index (χ0n) is 18.9. The third-order valence-electron chi connectivity index (χ3n) is 6.89. The molecule has 8 heteroatoms. The van der Waals surface area contributed by atoms with Crippen LogP contribution in [0.15, 0.2) is 24.3 Å². The molecular formula is C25H29N5O2S. The lowest BCUT2D eigenvalue weighted by Crippen LogP contribution is -2.36. The zero-order valence-corrected chi connectivity index (χ0v) is 19.7. The highest BCUT2D eigenvalue weighted by Crippen LogP contribution is 2.36. The number of aliphatic hydroxyl groups is 1. The number of piperidine rings is 1. The van der Waals surface area contributed by atoms with Crippen molar-refractivity contribution in [2.45, 2.75) is 64.0 Å². The van der Waals surface area contributed by atoms with Crippen LogP contribution >= 0.6 is 11.3 Å². The zero-order chi connectivity index (χ0) is 22.9. The lowest BCUT2D eigenvalue weighted by atomic mass is 9.96. The Kier molecular flexibility index (Phi) is 6.09. The van der Waals surface area contributed by atoms with Crippen LogP contribution in [0.3, 0.4) is 0 Å². The first kappa shape index (κ1) is 21.9. The fraction of sp³-hybridized carbons (Fsp3) is 0.480. The number of nitrogens with one attached hydrogen (secondary N) is 1. The number of thiophene rings is 1. The third-order valence-corrected chi connectivity index (χ3v) is 8.02. The van der Waals surface area contributed by atoms with Gasteiger partial charge in [-0.25, -0.2) is 0 Å². The first-order valence-electron chi connectivity index (χ1n) is 11.8. The van der Waals surface area contributed by atoms with E-state index < -0.39 is 0 Å². The number of rotatable bonds is 4. The Bertz CT molecular complexity index is 1210. The molecule has 0 radical (unpaired) electrons. The minimum Gasteiger partial charge on any atom is -0.393 e. The molecule has 2 fully saturated rings. The van der Waals surface area contributed by atoms with Gasteiger partial charge in [0.2, 0.25) is 0 Å². The van der Waals surface area contributed by atoms with Gasteiger partial charge in [-0.3, -0.25) is 9.48 Å². The Labute approximate surface area is 197 Å². The summed E-state index contributed by atoms with van der Waals surface area (Å²) < 4.78 is 2.14. The number of amides is 1. The molecule has 1 saturated heterocycles. The number of aliphatic hydroxyl groups excluding tert-OH is 1. The summed E-state index contributed by atoms with van der Waals surface area (Å²) in [5.41, 5.74) is 2.96. The summed E-state index contributed by atoms with van der Waals surface area (Å²) >= 11 is 1.49. The fourth-order valence-electron chi connectivity index (χ4n) is 5.04. The molecule has 1 amide bonds. The van der Waals surface area contributed by atoms with Gasteiger partial charge in [-0.05, 0) is 56.9 Å². The fourth-order valence-corrected chi connectivity index (χ4v) is 6.16. The van der Waals surface area contributed by atoms with Crippen molar-refractivity contribution < 1.29 is 9.90 Å². The van der Waals surface area contributed by atoms with E-state index in [4.69, 9.17) is 5.10 Å². The van der Waals surface area contributed by atoms with Gasteiger partial charge in [0.1, 0.15) is 10.9 Å². The molecule has 2 aromatic heterocycles. The maximum atomic E-state index is 13.1. The number of hydrogen-bond donors (Lipinski definition) is 2. The SMILES string of the molecule is Cc1nn(C2CCCCC2)c2sc(C(=O)Nc3ccc(N4CCC(O)CC4)c(C#N)c3)cc12. The Morgan fingerprint density at radius 3 is 2.67 bits per heavy atom. The Balaban J connectivity index is 1.35. The molecule has 0 spiro atoms. The molecule has 1 aliphatic heterocycles. The van der Waals surface area contributed by atoms with Crippen LogP contribution in [-0.4, -0.2) is 40.0 Å². The summed E-state index contributed by atoms with van der Waals surface area (Å²) in [7, 11) is 0. The number of aryl methyl sites for hydroxylation is 1. The molecule has 2 N–H and O–H groups in total. The van der Waals surface area contributed by atoms with Crippen LogP contribution in [0.5, 0.6) is 0 Å². The molecule has 3 heterocycles. The van der Waals surface area contributed by atoms with Crippen molar-refractivity contribution in [3.8, 4) is 6.07 Å². The summed E-state index contributed by atoms with van der Waals surface area (Å²) in [4.78, 5) is 16.9. The molecule has 33 heavy (non-hydrogen) atoms. The van der Waals surface area contributed by atoms with Crippen molar-refractivity contribution in [1.82, 2.24) is 9.78 Å². The largest absolute Gasteiger partial charge is 0.393 e. The topological polar surface area (TPSA) is 94.2 Å². The van der Waals surface area contributed by atoms with Crippen molar-refractivity contribution in [2.75, 3.05) is 23.3 Å². The van der Waals surface area contributed by atoms with Crippen molar-refractivity contribution in [1.29, 1.82) is 5.26 Å². The minimum absolute atomic E-state index is 0.163. The maximum absolute atomic E-state index is 13.1. The van der Waals surface area contributed by atoms with E-state index in [2.05, 4.69) is 21.0 Å². The van der Waals surface area contributed by atoms with E-state index in [1.54, 1.807) is 6.07 Å². The van der Waals surface area contributed by atoms with E-state index in [1.807, 2.05) is 25.1 Å². The van der Waals surface area contributed by atoms with Gasteiger partial charge >= 0.3 is 0 Å². The van der Waals surface area contributed by atoms with Gasteiger partial charge in [0, 0.05) is 24.2 Å². The van der Waals surface area contributed by atoms with Crippen molar-refractivity contribution in [3.05, 3.63) is 40.4 Å². The monoisotopic (exact) mass is 463 g/mol. The molecule has 7 nitrogen and oxygen atoms in total. The Morgan fingerprint density at radius 1 is 1.18 bits per heavy atom. The average Bonchev–Trinajstić information content (AvgIpc) is 3.41. The number of carbonyl (C=O) groups is 1. The molecule has 1 aromatic carbocycles. The van der Waals surface area contributed by atoms with Gasteiger partial charge in [-0.15, -0.1) is 11.3 Å². The predicted octanol–water partition coefficient (Wildman–Crippen LogP) is 5.00. The van der Waals surface area contributed by atoms with E-state index in [0.717, 1.165) is 47.5 Å². The van der Waals surface area contributed by atoms with Crippen molar-refractivity contribution in [3.63, 3.8) is 0 Å².